The minimum Gasteiger partial charge on any atom is -0.496 e. The molecule has 7 heteroatoms. The fourth-order valence-electron chi connectivity index (χ4n) is 2.29. The normalized spacial score (nSPS) is 10.8. The number of nitrogens with one attached hydrogen (secondary N) is 2. The van der Waals surface area contributed by atoms with Crippen LogP contribution in [0.2, 0.25) is 5.02 Å². The number of rotatable bonds is 11. The minimum absolute atomic E-state index is 0.190. The summed E-state index contributed by atoms with van der Waals surface area (Å²) in [7, 11) is 3.17. The molecule has 0 fully saturated rings. The molecule has 1 rings (SSSR count). The average molecular weight is 358 g/mol. The summed E-state index contributed by atoms with van der Waals surface area (Å²) in [6.07, 6.45) is 0. The maximum absolute atomic E-state index is 12.4. The molecular formula is C17H28ClN3O3. The van der Waals surface area contributed by atoms with Crippen molar-refractivity contribution in [1.29, 1.82) is 0 Å². The molecule has 0 heterocycles. The lowest BCUT2D eigenvalue weighted by Crippen LogP contribution is -2.34. The molecule has 2 N–H and O–H groups in total. The van der Waals surface area contributed by atoms with Gasteiger partial charge in [-0.3, -0.25) is 4.79 Å². The second-order valence-electron chi connectivity index (χ2n) is 5.23. The SMILES string of the molecule is CCN(CC)CCNC(=O)c1cc(Cl)c(NCCOC)cc1OC. The van der Waals surface area contributed by atoms with Crippen LogP contribution in [-0.4, -0.2) is 64.4 Å². The number of halogens is 1. The van der Waals surface area contributed by atoms with Gasteiger partial charge in [0.15, 0.2) is 0 Å². The Morgan fingerprint density at radius 1 is 1.21 bits per heavy atom. The first-order valence-electron chi connectivity index (χ1n) is 8.18. The van der Waals surface area contributed by atoms with Crippen molar-refractivity contribution in [3.63, 3.8) is 0 Å². The summed E-state index contributed by atoms with van der Waals surface area (Å²) in [5.74, 6) is 0.295. The number of hydrogen-bond acceptors (Lipinski definition) is 5. The van der Waals surface area contributed by atoms with Gasteiger partial charge < -0.3 is 25.0 Å². The van der Waals surface area contributed by atoms with Crippen LogP contribution in [0, 0.1) is 0 Å². The molecule has 0 radical (unpaired) electrons. The van der Waals surface area contributed by atoms with E-state index in [0.29, 0.717) is 41.7 Å². The van der Waals surface area contributed by atoms with E-state index < -0.39 is 0 Å². The van der Waals surface area contributed by atoms with Gasteiger partial charge in [-0.1, -0.05) is 25.4 Å². The summed E-state index contributed by atoms with van der Waals surface area (Å²) in [4.78, 5) is 14.6. The minimum atomic E-state index is -0.190. The topological polar surface area (TPSA) is 62.8 Å². The molecular weight excluding hydrogens is 330 g/mol. The molecule has 0 aliphatic heterocycles. The number of nitrogens with zero attached hydrogens (tertiary/aromatic N) is 1. The first-order chi connectivity index (χ1) is 11.6. The van der Waals surface area contributed by atoms with Gasteiger partial charge in [-0.2, -0.15) is 0 Å². The van der Waals surface area contributed by atoms with E-state index in [-0.39, 0.29) is 5.91 Å². The first-order valence-corrected chi connectivity index (χ1v) is 8.56. The Kier molecular flexibility index (Phi) is 9.52. The van der Waals surface area contributed by atoms with Crippen molar-refractivity contribution in [3.05, 3.63) is 22.7 Å². The molecule has 0 saturated heterocycles. The lowest BCUT2D eigenvalue weighted by Gasteiger charge is -2.18. The van der Waals surface area contributed by atoms with E-state index in [4.69, 9.17) is 21.1 Å². The quantitative estimate of drug-likeness (QED) is 0.596. The van der Waals surface area contributed by atoms with Crippen molar-refractivity contribution in [1.82, 2.24) is 10.2 Å². The number of hydrogen-bond donors (Lipinski definition) is 2. The van der Waals surface area contributed by atoms with Crippen molar-refractivity contribution >= 4 is 23.2 Å². The van der Waals surface area contributed by atoms with E-state index in [9.17, 15) is 4.79 Å². The van der Waals surface area contributed by atoms with Crippen molar-refractivity contribution in [2.24, 2.45) is 0 Å². The van der Waals surface area contributed by atoms with Crippen molar-refractivity contribution in [2.75, 3.05) is 58.9 Å². The molecule has 0 spiro atoms. The molecule has 136 valence electrons. The molecule has 0 aliphatic carbocycles. The van der Waals surface area contributed by atoms with E-state index in [1.165, 1.54) is 7.11 Å². The van der Waals surface area contributed by atoms with Crippen LogP contribution in [0.4, 0.5) is 5.69 Å². The molecule has 0 saturated carbocycles. The van der Waals surface area contributed by atoms with Crippen LogP contribution in [0.15, 0.2) is 12.1 Å². The van der Waals surface area contributed by atoms with Crippen molar-refractivity contribution in [3.8, 4) is 5.75 Å². The zero-order valence-corrected chi connectivity index (χ0v) is 15.7. The van der Waals surface area contributed by atoms with Gasteiger partial charge in [-0.25, -0.2) is 0 Å². The van der Waals surface area contributed by atoms with E-state index in [0.717, 1.165) is 19.6 Å². The molecule has 1 aromatic carbocycles. The highest BCUT2D eigenvalue weighted by molar-refractivity contribution is 6.33. The number of carbonyl (C=O) groups is 1. The maximum atomic E-state index is 12.4. The van der Waals surface area contributed by atoms with Crippen molar-refractivity contribution in [2.45, 2.75) is 13.8 Å². The van der Waals surface area contributed by atoms with Crippen LogP contribution < -0.4 is 15.4 Å². The molecule has 1 amide bonds. The third kappa shape index (κ3) is 6.19. The Labute approximate surface area is 149 Å². The zero-order valence-electron chi connectivity index (χ0n) is 14.9. The molecule has 0 aromatic heterocycles. The summed E-state index contributed by atoms with van der Waals surface area (Å²) < 4.78 is 10.3. The predicted molar refractivity (Wildman–Crippen MR) is 98.5 cm³/mol. The first kappa shape index (κ1) is 20.5. The van der Waals surface area contributed by atoms with E-state index >= 15 is 0 Å². The third-order valence-electron chi connectivity index (χ3n) is 3.76. The van der Waals surface area contributed by atoms with Gasteiger partial charge >= 0.3 is 0 Å². The third-order valence-corrected chi connectivity index (χ3v) is 4.08. The smallest absolute Gasteiger partial charge is 0.255 e. The lowest BCUT2D eigenvalue weighted by molar-refractivity contribution is 0.0946. The largest absolute Gasteiger partial charge is 0.496 e. The van der Waals surface area contributed by atoms with Crippen LogP contribution in [0.3, 0.4) is 0 Å². The van der Waals surface area contributed by atoms with Gasteiger partial charge in [0.1, 0.15) is 5.75 Å². The van der Waals surface area contributed by atoms with Gasteiger partial charge in [0.05, 0.1) is 30.0 Å². The van der Waals surface area contributed by atoms with Gasteiger partial charge in [0, 0.05) is 32.8 Å². The number of amides is 1. The number of methoxy groups -OCH3 is 2. The van der Waals surface area contributed by atoms with Crippen molar-refractivity contribution < 1.29 is 14.3 Å². The Morgan fingerprint density at radius 2 is 1.92 bits per heavy atom. The fourth-order valence-corrected chi connectivity index (χ4v) is 2.52. The standard InChI is InChI=1S/C17H28ClN3O3/c1-5-21(6-2)9-7-20-17(22)13-11-14(18)15(12-16(13)24-4)19-8-10-23-3/h11-12,19H,5-10H2,1-4H3,(H,20,22). The lowest BCUT2D eigenvalue weighted by atomic mass is 10.1. The number of benzene rings is 1. The molecule has 24 heavy (non-hydrogen) atoms. The zero-order chi connectivity index (χ0) is 17.9. The Hall–Kier alpha value is -1.50. The summed E-state index contributed by atoms with van der Waals surface area (Å²) in [6, 6.07) is 3.36. The fraction of sp³-hybridized carbons (Fsp3) is 0.588. The summed E-state index contributed by atoms with van der Waals surface area (Å²) >= 11 is 6.26. The number of likely N-dealkylation sites (N-methyl/N-ethyl adjacent to an activating group) is 1. The van der Waals surface area contributed by atoms with Crippen LogP contribution >= 0.6 is 11.6 Å². The van der Waals surface area contributed by atoms with Gasteiger partial charge in [-0.05, 0) is 19.2 Å². The molecule has 6 nitrogen and oxygen atoms in total. The number of carbonyl (C=O) groups excluding carboxylic acids is 1. The summed E-state index contributed by atoms with van der Waals surface area (Å²) in [5.41, 5.74) is 1.14. The second kappa shape index (κ2) is 11.1. The van der Waals surface area contributed by atoms with Crippen LogP contribution in [0.1, 0.15) is 24.2 Å². The molecule has 0 aliphatic rings. The highest BCUT2D eigenvalue weighted by atomic mass is 35.5. The highest BCUT2D eigenvalue weighted by Gasteiger charge is 2.16. The maximum Gasteiger partial charge on any atom is 0.255 e. The average Bonchev–Trinajstić information content (AvgIpc) is 2.59. The Balaban J connectivity index is 2.75. The van der Waals surface area contributed by atoms with E-state index in [1.807, 2.05) is 0 Å². The van der Waals surface area contributed by atoms with E-state index in [1.54, 1.807) is 19.2 Å². The molecule has 1 aromatic rings. The van der Waals surface area contributed by atoms with Gasteiger partial charge in [0.2, 0.25) is 0 Å². The predicted octanol–water partition coefficient (Wildman–Crippen LogP) is 2.48. The Bertz CT molecular complexity index is 522. The monoisotopic (exact) mass is 357 g/mol. The summed E-state index contributed by atoms with van der Waals surface area (Å²) in [6.45, 7) is 8.70. The van der Waals surface area contributed by atoms with Gasteiger partial charge in [0.25, 0.3) is 5.91 Å². The molecule has 0 atom stereocenters. The Morgan fingerprint density at radius 3 is 2.50 bits per heavy atom. The summed E-state index contributed by atoms with van der Waals surface area (Å²) in [5, 5.41) is 6.54. The van der Waals surface area contributed by atoms with Gasteiger partial charge in [-0.15, -0.1) is 0 Å². The second-order valence-corrected chi connectivity index (χ2v) is 5.64. The molecule has 0 unspecified atom stereocenters. The van der Waals surface area contributed by atoms with E-state index in [2.05, 4.69) is 29.4 Å². The van der Waals surface area contributed by atoms with Crippen LogP contribution in [0.5, 0.6) is 5.75 Å². The number of ether oxygens (including phenoxy) is 2. The van der Waals surface area contributed by atoms with Crippen LogP contribution in [-0.2, 0) is 4.74 Å². The highest BCUT2D eigenvalue weighted by Crippen LogP contribution is 2.30. The molecule has 0 bridgehead atoms. The number of anilines is 1. The van der Waals surface area contributed by atoms with Crippen LogP contribution in [0.25, 0.3) is 0 Å².